The van der Waals surface area contributed by atoms with Crippen LogP contribution in [0.25, 0.3) is 0 Å². The molecule has 4 amide bonds. The number of esters is 1. The summed E-state index contributed by atoms with van der Waals surface area (Å²) >= 11 is 0. The Kier molecular flexibility index (Phi) is 9.68. The second-order valence-corrected chi connectivity index (χ2v) is 9.14. The fourth-order valence-corrected chi connectivity index (χ4v) is 4.09. The van der Waals surface area contributed by atoms with Crippen LogP contribution in [0.3, 0.4) is 0 Å². The number of urea groups is 2. The van der Waals surface area contributed by atoms with Gasteiger partial charge in [-0.05, 0) is 54.7 Å². The Morgan fingerprint density at radius 1 is 1.00 bits per heavy atom. The maximum Gasteiger partial charge on any atom is 0.338 e. The molecule has 3 rings (SSSR count). The molecule has 3 N–H and O–H groups in total. The molecule has 0 aromatic heterocycles. The summed E-state index contributed by atoms with van der Waals surface area (Å²) in [4.78, 5) is 39.8. The first-order valence-electron chi connectivity index (χ1n) is 12.5. The molecule has 0 saturated carbocycles. The van der Waals surface area contributed by atoms with Gasteiger partial charge in [-0.3, -0.25) is 4.90 Å². The van der Waals surface area contributed by atoms with Crippen LogP contribution in [-0.2, 0) is 14.3 Å². The van der Waals surface area contributed by atoms with Gasteiger partial charge in [0, 0.05) is 30.7 Å². The van der Waals surface area contributed by atoms with Gasteiger partial charge in [-0.15, -0.1) is 0 Å². The Bertz CT molecular complexity index is 1130. The Hall–Kier alpha value is -3.85. The molecule has 0 bridgehead atoms. The predicted molar refractivity (Wildman–Crippen MR) is 143 cm³/mol. The molecule has 2 aromatic carbocycles. The van der Waals surface area contributed by atoms with E-state index < -0.39 is 12.0 Å². The number of rotatable bonds is 10. The predicted octanol–water partition coefficient (Wildman–Crippen LogP) is 5.39. The lowest BCUT2D eigenvalue weighted by molar-refractivity contribution is -0.140. The Morgan fingerprint density at radius 3 is 2.14 bits per heavy atom. The molecule has 1 aliphatic rings. The number of anilines is 2. The van der Waals surface area contributed by atoms with Crippen LogP contribution in [-0.4, -0.2) is 49.8 Å². The maximum absolute atomic E-state index is 13.0. The molecule has 9 heteroatoms. The SMILES string of the molecule is CCCN1C(=O)NC(c2ccc(NC(=O)Nc3ccc(C(C)C)cc3)cc2)C(C(=O)OCCOC)=C1C. The van der Waals surface area contributed by atoms with Gasteiger partial charge in [0.25, 0.3) is 0 Å². The molecule has 1 aliphatic heterocycles. The number of hydrogen-bond donors (Lipinski definition) is 3. The third kappa shape index (κ3) is 7.10. The minimum atomic E-state index is -0.682. The van der Waals surface area contributed by atoms with E-state index in [9.17, 15) is 14.4 Å². The number of allylic oxidation sites excluding steroid dienone is 1. The zero-order valence-electron chi connectivity index (χ0n) is 22.1. The number of carbonyl (C=O) groups excluding carboxylic acids is 3. The van der Waals surface area contributed by atoms with E-state index in [1.807, 2.05) is 31.2 Å². The van der Waals surface area contributed by atoms with Gasteiger partial charge in [0.1, 0.15) is 6.61 Å². The zero-order chi connectivity index (χ0) is 26.9. The molecule has 37 heavy (non-hydrogen) atoms. The van der Waals surface area contributed by atoms with Crippen molar-refractivity contribution in [3.8, 4) is 0 Å². The Morgan fingerprint density at radius 2 is 1.59 bits per heavy atom. The summed E-state index contributed by atoms with van der Waals surface area (Å²) in [5, 5.41) is 8.54. The highest BCUT2D eigenvalue weighted by molar-refractivity contribution is 6.00. The molecule has 0 spiro atoms. The van der Waals surface area contributed by atoms with Crippen LogP contribution in [0, 0.1) is 0 Å². The molecule has 0 aliphatic carbocycles. The molecular formula is C28H36N4O5. The third-order valence-electron chi connectivity index (χ3n) is 6.12. The Balaban J connectivity index is 1.75. The first kappa shape index (κ1) is 27.7. The van der Waals surface area contributed by atoms with Gasteiger partial charge in [0.15, 0.2) is 0 Å². The lowest BCUT2D eigenvalue weighted by atomic mass is 9.94. The zero-order valence-corrected chi connectivity index (χ0v) is 22.1. The number of amides is 4. The average molecular weight is 509 g/mol. The van der Waals surface area contributed by atoms with Gasteiger partial charge < -0.3 is 25.4 Å². The first-order chi connectivity index (χ1) is 17.7. The van der Waals surface area contributed by atoms with E-state index in [0.29, 0.717) is 40.7 Å². The number of methoxy groups -OCH3 is 1. The summed E-state index contributed by atoms with van der Waals surface area (Å²) in [6, 6.07) is 13.4. The van der Waals surface area contributed by atoms with Crippen LogP contribution < -0.4 is 16.0 Å². The quantitative estimate of drug-likeness (QED) is 0.294. The number of hydrogen-bond acceptors (Lipinski definition) is 5. The molecular weight excluding hydrogens is 472 g/mol. The van der Waals surface area contributed by atoms with E-state index in [1.54, 1.807) is 36.1 Å². The van der Waals surface area contributed by atoms with Crippen LogP contribution in [0.15, 0.2) is 59.8 Å². The summed E-state index contributed by atoms with van der Waals surface area (Å²) in [7, 11) is 1.53. The fourth-order valence-electron chi connectivity index (χ4n) is 4.09. The molecule has 0 saturated heterocycles. The normalized spacial score (nSPS) is 15.5. The summed E-state index contributed by atoms with van der Waals surface area (Å²) in [5.74, 6) is -0.0952. The van der Waals surface area contributed by atoms with Crippen molar-refractivity contribution in [3.63, 3.8) is 0 Å². The maximum atomic E-state index is 13.0. The van der Waals surface area contributed by atoms with Gasteiger partial charge in [-0.25, -0.2) is 14.4 Å². The lowest BCUT2D eigenvalue weighted by Gasteiger charge is -2.35. The van der Waals surface area contributed by atoms with Crippen LogP contribution in [0.5, 0.6) is 0 Å². The van der Waals surface area contributed by atoms with Gasteiger partial charge in [-0.1, -0.05) is 45.0 Å². The van der Waals surface area contributed by atoms with Crippen molar-refractivity contribution in [2.24, 2.45) is 0 Å². The fraction of sp³-hybridized carbons (Fsp3) is 0.393. The van der Waals surface area contributed by atoms with Gasteiger partial charge >= 0.3 is 18.0 Å². The molecule has 1 heterocycles. The molecule has 9 nitrogen and oxygen atoms in total. The number of benzene rings is 2. The number of nitrogens with one attached hydrogen (secondary N) is 3. The van der Waals surface area contributed by atoms with Crippen LogP contribution in [0.4, 0.5) is 21.0 Å². The van der Waals surface area contributed by atoms with Gasteiger partial charge in [0.2, 0.25) is 0 Å². The summed E-state index contributed by atoms with van der Waals surface area (Å²) in [6.07, 6.45) is 0.742. The molecule has 1 unspecified atom stereocenters. The van der Waals surface area contributed by atoms with Crippen molar-refractivity contribution in [2.45, 2.75) is 46.1 Å². The van der Waals surface area contributed by atoms with Crippen molar-refractivity contribution in [3.05, 3.63) is 70.9 Å². The lowest BCUT2D eigenvalue weighted by Crippen LogP contribution is -2.48. The summed E-state index contributed by atoms with van der Waals surface area (Å²) in [6.45, 7) is 8.81. The molecule has 1 atom stereocenters. The third-order valence-corrected chi connectivity index (χ3v) is 6.12. The van der Waals surface area contributed by atoms with Crippen molar-refractivity contribution in [2.75, 3.05) is 37.5 Å². The second kappa shape index (κ2) is 12.9. The average Bonchev–Trinajstić information content (AvgIpc) is 2.87. The molecule has 0 radical (unpaired) electrons. The molecule has 198 valence electrons. The summed E-state index contributed by atoms with van der Waals surface area (Å²) in [5.41, 5.74) is 4.07. The van der Waals surface area contributed by atoms with Crippen molar-refractivity contribution in [1.29, 1.82) is 0 Å². The highest BCUT2D eigenvalue weighted by Crippen LogP contribution is 2.32. The van der Waals surface area contributed by atoms with E-state index in [0.717, 1.165) is 6.42 Å². The number of nitrogens with zero attached hydrogens (tertiary/aromatic N) is 1. The smallest absolute Gasteiger partial charge is 0.338 e. The number of carbonyl (C=O) groups is 3. The van der Waals surface area contributed by atoms with Gasteiger partial charge in [-0.2, -0.15) is 0 Å². The first-order valence-corrected chi connectivity index (χ1v) is 12.5. The van der Waals surface area contributed by atoms with Crippen molar-refractivity contribution < 1.29 is 23.9 Å². The largest absolute Gasteiger partial charge is 0.460 e. The topological polar surface area (TPSA) is 109 Å². The molecule has 0 fully saturated rings. The standard InChI is InChI=1S/C28H36N4O5/c1-6-15-32-19(4)24(26(33)37-17-16-36-5)25(31-28(32)35)21-9-13-23(14-10-21)30-27(34)29-22-11-7-20(8-12-22)18(2)3/h7-14,18,25H,6,15-17H2,1-5H3,(H,31,35)(H2,29,30,34). The van der Waals surface area contributed by atoms with E-state index in [-0.39, 0.29) is 25.3 Å². The minimum absolute atomic E-state index is 0.110. The summed E-state index contributed by atoms with van der Waals surface area (Å²) < 4.78 is 10.4. The highest BCUT2D eigenvalue weighted by atomic mass is 16.6. The van der Waals surface area contributed by atoms with Crippen LogP contribution in [0.1, 0.15) is 57.2 Å². The second-order valence-electron chi connectivity index (χ2n) is 9.14. The Labute approximate surface area is 218 Å². The van der Waals surface area contributed by atoms with Crippen molar-refractivity contribution in [1.82, 2.24) is 10.2 Å². The highest BCUT2D eigenvalue weighted by Gasteiger charge is 2.36. The van der Waals surface area contributed by atoms with E-state index >= 15 is 0 Å². The van der Waals surface area contributed by atoms with Crippen LogP contribution in [0.2, 0.25) is 0 Å². The van der Waals surface area contributed by atoms with Gasteiger partial charge in [0.05, 0.1) is 18.2 Å². The monoisotopic (exact) mass is 508 g/mol. The van der Waals surface area contributed by atoms with Crippen LogP contribution >= 0.6 is 0 Å². The van der Waals surface area contributed by atoms with Crippen molar-refractivity contribution >= 4 is 29.4 Å². The van der Waals surface area contributed by atoms with E-state index in [2.05, 4.69) is 29.8 Å². The molecule has 2 aromatic rings. The number of ether oxygens (including phenoxy) is 2. The van der Waals surface area contributed by atoms with E-state index in [4.69, 9.17) is 9.47 Å². The minimum Gasteiger partial charge on any atom is -0.460 e. The van der Waals surface area contributed by atoms with E-state index in [1.165, 1.54) is 12.7 Å².